The van der Waals surface area contributed by atoms with Gasteiger partial charge in [-0.15, -0.1) is 0 Å². The molecule has 1 rings (SSSR count). The van der Waals surface area contributed by atoms with E-state index in [9.17, 15) is 9.90 Å². The van der Waals surface area contributed by atoms with Crippen molar-refractivity contribution in [1.82, 2.24) is 0 Å². The fourth-order valence-electron chi connectivity index (χ4n) is 4.68. The molecule has 0 saturated heterocycles. The van der Waals surface area contributed by atoms with E-state index in [0.717, 1.165) is 44.1 Å². The molecule has 0 aliphatic heterocycles. The SMILES string of the molecule is CCCCCCCCCCC[C@@H](C[C@H](O)[C@H](CCCCCC)C(=O)OCC)OCc1ccccc1. The molecule has 4 nitrogen and oxygen atoms in total. The van der Waals surface area contributed by atoms with Crippen molar-refractivity contribution in [3.05, 3.63) is 35.9 Å². The van der Waals surface area contributed by atoms with Crippen molar-refractivity contribution in [2.45, 2.75) is 142 Å². The van der Waals surface area contributed by atoms with Gasteiger partial charge in [0.1, 0.15) is 0 Å². The lowest BCUT2D eigenvalue weighted by molar-refractivity contribution is -0.153. The summed E-state index contributed by atoms with van der Waals surface area (Å²) in [6, 6.07) is 10.2. The van der Waals surface area contributed by atoms with Gasteiger partial charge in [-0.2, -0.15) is 0 Å². The number of carbonyl (C=O) groups is 1. The monoisotopic (exact) mass is 490 g/mol. The van der Waals surface area contributed by atoms with E-state index in [1.54, 1.807) is 0 Å². The molecular weight excluding hydrogens is 436 g/mol. The number of aliphatic hydroxyl groups is 1. The molecule has 3 atom stereocenters. The van der Waals surface area contributed by atoms with E-state index in [1.807, 2.05) is 25.1 Å². The molecule has 0 unspecified atom stereocenters. The molecule has 0 spiro atoms. The van der Waals surface area contributed by atoms with Crippen LogP contribution in [0, 0.1) is 5.92 Å². The van der Waals surface area contributed by atoms with Gasteiger partial charge in [0.2, 0.25) is 0 Å². The summed E-state index contributed by atoms with van der Waals surface area (Å²) in [5.74, 6) is -0.723. The Labute approximate surface area is 216 Å². The lowest BCUT2D eigenvalue weighted by atomic mass is 9.90. The Bertz CT molecular complexity index is 603. The predicted octanol–water partition coefficient (Wildman–Crippen LogP) is 8.39. The molecule has 0 bridgehead atoms. The van der Waals surface area contributed by atoms with Gasteiger partial charge in [0.15, 0.2) is 0 Å². The third kappa shape index (κ3) is 16.1. The van der Waals surface area contributed by atoms with Crippen LogP contribution in [0.2, 0.25) is 0 Å². The summed E-state index contributed by atoms with van der Waals surface area (Å²) >= 11 is 0. The Morgan fingerprint density at radius 1 is 0.771 bits per heavy atom. The minimum atomic E-state index is -0.727. The number of carbonyl (C=O) groups excluding carboxylic acids is 1. The summed E-state index contributed by atoms with van der Waals surface area (Å²) in [4.78, 5) is 12.6. The molecule has 0 radical (unpaired) electrons. The van der Waals surface area contributed by atoms with Crippen molar-refractivity contribution in [2.75, 3.05) is 6.61 Å². The molecule has 0 amide bonds. The molecular formula is C31H54O4. The zero-order valence-electron chi connectivity index (χ0n) is 23.0. The highest BCUT2D eigenvalue weighted by Crippen LogP contribution is 2.24. The van der Waals surface area contributed by atoms with Crippen molar-refractivity contribution in [3.63, 3.8) is 0 Å². The lowest BCUT2D eigenvalue weighted by Gasteiger charge is -2.26. The first-order valence-corrected chi connectivity index (χ1v) is 14.6. The van der Waals surface area contributed by atoms with E-state index >= 15 is 0 Å². The van der Waals surface area contributed by atoms with Crippen LogP contribution < -0.4 is 0 Å². The van der Waals surface area contributed by atoms with Crippen LogP contribution in [-0.2, 0) is 20.9 Å². The van der Waals surface area contributed by atoms with Crippen LogP contribution in [0.25, 0.3) is 0 Å². The topological polar surface area (TPSA) is 55.8 Å². The Kier molecular flexibility index (Phi) is 19.8. The fraction of sp³-hybridized carbons (Fsp3) is 0.774. The zero-order chi connectivity index (χ0) is 25.6. The molecule has 0 aliphatic rings. The number of unbranched alkanes of at least 4 members (excludes halogenated alkanes) is 11. The van der Waals surface area contributed by atoms with Crippen LogP contribution in [0.4, 0.5) is 0 Å². The molecule has 1 aromatic carbocycles. The van der Waals surface area contributed by atoms with Crippen molar-refractivity contribution in [2.24, 2.45) is 5.92 Å². The van der Waals surface area contributed by atoms with Crippen LogP contribution >= 0.6 is 0 Å². The molecule has 4 heteroatoms. The number of rotatable bonds is 23. The van der Waals surface area contributed by atoms with Gasteiger partial charge in [0.25, 0.3) is 0 Å². The quantitative estimate of drug-likeness (QED) is 0.124. The standard InChI is InChI=1S/C31H54O4/c1-4-7-9-11-12-13-14-15-19-23-28(35-26-27-21-17-16-18-22-27)25-30(32)29(31(33)34-6-3)24-20-10-8-5-2/h16-18,21-22,28-30,32H,4-15,19-20,23-26H2,1-3H3/t28-,29-,30-/m0/s1. The summed E-state index contributed by atoms with van der Waals surface area (Å²) in [7, 11) is 0. The van der Waals surface area contributed by atoms with Gasteiger partial charge in [-0.1, -0.05) is 128 Å². The summed E-state index contributed by atoms with van der Waals surface area (Å²) in [6.45, 7) is 7.15. The highest BCUT2D eigenvalue weighted by Gasteiger charge is 2.30. The number of hydrogen-bond donors (Lipinski definition) is 1. The minimum absolute atomic E-state index is 0.0534. The van der Waals surface area contributed by atoms with Gasteiger partial charge >= 0.3 is 5.97 Å². The molecule has 0 aliphatic carbocycles. The Balaban J connectivity index is 2.59. The second-order valence-corrected chi connectivity index (χ2v) is 10.0. The van der Waals surface area contributed by atoms with Crippen molar-refractivity contribution < 1.29 is 19.4 Å². The largest absolute Gasteiger partial charge is 0.466 e. The van der Waals surface area contributed by atoms with Gasteiger partial charge in [-0.3, -0.25) is 4.79 Å². The molecule has 0 heterocycles. The summed E-state index contributed by atoms with van der Waals surface area (Å²) in [6.07, 6.45) is 17.3. The molecule has 1 aromatic rings. The fourth-order valence-corrected chi connectivity index (χ4v) is 4.68. The molecule has 0 saturated carbocycles. The minimum Gasteiger partial charge on any atom is -0.466 e. The Hall–Kier alpha value is -1.39. The normalized spacial score (nSPS) is 13.9. The lowest BCUT2D eigenvalue weighted by Crippen LogP contribution is -2.33. The second-order valence-electron chi connectivity index (χ2n) is 10.0. The highest BCUT2D eigenvalue weighted by atomic mass is 16.5. The van der Waals surface area contributed by atoms with E-state index in [-0.39, 0.29) is 12.1 Å². The Morgan fingerprint density at radius 2 is 1.31 bits per heavy atom. The van der Waals surface area contributed by atoms with Gasteiger partial charge in [-0.05, 0) is 25.3 Å². The predicted molar refractivity (Wildman–Crippen MR) is 146 cm³/mol. The first-order valence-electron chi connectivity index (χ1n) is 14.6. The van der Waals surface area contributed by atoms with Gasteiger partial charge in [-0.25, -0.2) is 0 Å². The average Bonchev–Trinajstić information content (AvgIpc) is 2.86. The van der Waals surface area contributed by atoms with Crippen LogP contribution in [-0.4, -0.2) is 29.9 Å². The van der Waals surface area contributed by atoms with Gasteiger partial charge < -0.3 is 14.6 Å². The first kappa shape index (κ1) is 31.6. The number of esters is 1. The molecule has 35 heavy (non-hydrogen) atoms. The number of ether oxygens (including phenoxy) is 2. The van der Waals surface area contributed by atoms with Crippen LogP contribution in [0.1, 0.15) is 129 Å². The van der Waals surface area contributed by atoms with E-state index in [1.165, 1.54) is 51.4 Å². The third-order valence-electron chi connectivity index (χ3n) is 6.89. The average molecular weight is 491 g/mol. The molecule has 0 aromatic heterocycles. The Morgan fingerprint density at radius 3 is 1.91 bits per heavy atom. The van der Waals surface area contributed by atoms with Crippen LogP contribution in [0.5, 0.6) is 0 Å². The van der Waals surface area contributed by atoms with Crippen LogP contribution in [0.15, 0.2) is 30.3 Å². The molecule has 0 fully saturated rings. The van der Waals surface area contributed by atoms with Gasteiger partial charge in [0, 0.05) is 6.42 Å². The van der Waals surface area contributed by atoms with Gasteiger partial charge in [0.05, 0.1) is 31.3 Å². The van der Waals surface area contributed by atoms with Crippen molar-refractivity contribution in [1.29, 1.82) is 0 Å². The number of aliphatic hydroxyl groups excluding tert-OH is 1. The maximum absolute atomic E-state index is 12.6. The smallest absolute Gasteiger partial charge is 0.311 e. The maximum Gasteiger partial charge on any atom is 0.311 e. The van der Waals surface area contributed by atoms with E-state index in [0.29, 0.717) is 26.1 Å². The van der Waals surface area contributed by atoms with E-state index in [4.69, 9.17) is 9.47 Å². The summed E-state index contributed by atoms with van der Waals surface area (Å²) in [5, 5.41) is 11.1. The molecule has 1 N–H and O–H groups in total. The number of hydrogen-bond acceptors (Lipinski definition) is 4. The maximum atomic E-state index is 12.6. The van der Waals surface area contributed by atoms with Crippen molar-refractivity contribution in [3.8, 4) is 0 Å². The molecule has 202 valence electrons. The first-order chi connectivity index (χ1) is 17.1. The zero-order valence-corrected chi connectivity index (χ0v) is 23.0. The summed E-state index contributed by atoms with van der Waals surface area (Å²) in [5.41, 5.74) is 1.14. The van der Waals surface area contributed by atoms with E-state index < -0.39 is 12.0 Å². The number of benzene rings is 1. The highest BCUT2D eigenvalue weighted by molar-refractivity contribution is 5.73. The second kappa shape index (κ2) is 21.9. The van der Waals surface area contributed by atoms with E-state index in [2.05, 4.69) is 26.0 Å². The van der Waals surface area contributed by atoms with Crippen molar-refractivity contribution >= 4 is 5.97 Å². The summed E-state index contributed by atoms with van der Waals surface area (Å²) < 4.78 is 11.6. The van der Waals surface area contributed by atoms with Crippen LogP contribution in [0.3, 0.4) is 0 Å². The third-order valence-corrected chi connectivity index (χ3v) is 6.89.